The summed E-state index contributed by atoms with van der Waals surface area (Å²) in [6.07, 6.45) is 0.647. The zero-order chi connectivity index (χ0) is 13.8. The molecule has 0 saturated carbocycles. The summed E-state index contributed by atoms with van der Waals surface area (Å²) in [6.45, 7) is 6.57. The molecule has 0 radical (unpaired) electrons. The van der Waals surface area contributed by atoms with Crippen molar-refractivity contribution in [3.05, 3.63) is 52.1 Å². The number of rotatable bonds is 4. The van der Waals surface area contributed by atoms with E-state index in [9.17, 15) is 0 Å². The van der Waals surface area contributed by atoms with Gasteiger partial charge in [-0.2, -0.15) is 0 Å². The van der Waals surface area contributed by atoms with Crippen LogP contribution in [0.25, 0.3) is 0 Å². The second-order valence-electron chi connectivity index (χ2n) is 4.67. The summed E-state index contributed by atoms with van der Waals surface area (Å²) >= 11 is 5.90. The molecule has 0 aliphatic heterocycles. The summed E-state index contributed by atoms with van der Waals surface area (Å²) < 4.78 is 5.73. The number of aryl methyl sites for hydroxylation is 3. The van der Waals surface area contributed by atoms with E-state index in [1.165, 1.54) is 11.1 Å². The number of benzene rings is 1. The molecule has 0 aliphatic rings. The Morgan fingerprint density at radius 3 is 2.32 bits per heavy atom. The normalized spacial score (nSPS) is 10.5. The largest absolute Gasteiger partial charge is 0.493 e. The average molecular weight is 277 g/mol. The zero-order valence-electron chi connectivity index (χ0n) is 11.4. The van der Waals surface area contributed by atoms with Crippen LogP contribution in [-0.4, -0.2) is 16.6 Å². The lowest BCUT2D eigenvalue weighted by Crippen LogP contribution is -2.06. The van der Waals surface area contributed by atoms with Crippen LogP contribution in [0.1, 0.15) is 22.6 Å². The van der Waals surface area contributed by atoms with Crippen LogP contribution in [0.3, 0.4) is 0 Å². The third-order valence-electron chi connectivity index (χ3n) is 2.66. The van der Waals surface area contributed by atoms with Crippen molar-refractivity contribution >= 4 is 11.6 Å². The highest BCUT2D eigenvalue weighted by molar-refractivity contribution is 6.29. The Kier molecular flexibility index (Phi) is 4.38. The highest BCUT2D eigenvalue weighted by Crippen LogP contribution is 2.16. The third kappa shape index (κ3) is 4.21. The Hall–Kier alpha value is -1.61. The Morgan fingerprint density at radius 1 is 1.00 bits per heavy atom. The molecule has 0 amide bonds. The van der Waals surface area contributed by atoms with Crippen LogP contribution >= 0.6 is 11.6 Å². The maximum atomic E-state index is 5.90. The van der Waals surface area contributed by atoms with Gasteiger partial charge in [0.2, 0.25) is 0 Å². The smallest absolute Gasteiger partial charge is 0.133 e. The first kappa shape index (κ1) is 13.8. The maximum absolute atomic E-state index is 5.90. The molecule has 0 saturated heterocycles. The van der Waals surface area contributed by atoms with Gasteiger partial charge in [0.15, 0.2) is 0 Å². The molecular weight excluding hydrogens is 260 g/mol. The minimum Gasteiger partial charge on any atom is -0.493 e. The molecule has 4 heteroatoms. The van der Waals surface area contributed by atoms with E-state index in [1.54, 1.807) is 6.07 Å². The molecule has 2 rings (SSSR count). The van der Waals surface area contributed by atoms with Gasteiger partial charge in [-0.05, 0) is 50.1 Å². The van der Waals surface area contributed by atoms with Crippen LogP contribution in [0.2, 0.25) is 5.15 Å². The molecule has 0 fully saturated rings. The predicted molar refractivity (Wildman–Crippen MR) is 76.9 cm³/mol. The predicted octanol–water partition coefficient (Wildman–Crippen LogP) is 3.68. The van der Waals surface area contributed by atoms with Gasteiger partial charge in [0.05, 0.1) is 6.61 Å². The molecule has 0 atom stereocenters. The van der Waals surface area contributed by atoms with E-state index in [0.717, 1.165) is 17.3 Å². The van der Waals surface area contributed by atoms with Gasteiger partial charge in [-0.15, -0.1) is 0 Å². The van der Waals surface area contributed by atoms with Crippen LogP contribution in [0.15, 0.2) is 24.3 Å². The molecule has 2 aromatic rings. The average Bonchev–Trinajstić information content (AvgIpc) is 2.26. The summed E-state index contributed by atoms with van der Waals surface area (Å²) in [6, 6.07) is 7.92. The number of ether oxygens (including phenoxy) is 1. The van der Waals surface area contributed by atoms with Gasteiger partial charge in [0.25, 0.3) is 0 Å². The molecule has 3 nitrogen and oxygen atoms in total. The topological polar surface area (TPSA) is 35.0 Å². The van der Waals surface area contributed by atoms with Crippen molar-refractivity contribution in [3.63, 3.8) is 0 Å². The minimum atomic E-state index is 0.480. The number of hydrogen-bond acceptors (Lipinski definition) is 3. The van der Waals surface area contributed by atoms with Crippen LogP contribution in [0.5, 0.6) is 5.75 Å². The van der Waals surface area contributed by atoms with Crippen molar-refractivity contribution in [3.8, 4) is 5.75 Å². The molecule has 0 bridgehead atoms. The van der Waals surface area contributed by atoms with Gasteiger partial charge in [-0.1, -0.05) is 17.7 Å². The van der Waals surface area contributed by atoms with Gasteiger partial charge in [0.1, 0.15) is 16.7 Å². The van der Waals surface area contributed by atoms with Crippen molar-refractivity contribution < 1.29 is 4.74 Å². The SMILES string of the molecule is Cc1cc(C)cc(OCCc2nc(C)cc(Cl)n2)c1. The Bertz CT molecular complexity index is 492. The van der Waals surface area contributed by atoms with E-state index in [1.807, 2.05) is 19.1 Å². The van der Waals surface area contributed by atoms with E-state index in [2.05, 4.69) is 29.9 Å². The first-order valence-corrected chi connectivity index (χ1v) is 6.62. The van der Waals surface area contributed by atoms with Crippen LogP contribution in [0.4, 0.5) is 0 Å². The molecule has 1 aromatic carbocycles. The molecular formula is C15H17ClN2O. The molecule has 0 unspecified atom stereocenters. The lowest BCUT2D eigenvalue weighted by Gasteiger charge is -2.08. The molecule has 0 spiro atoms. The van der Waals surface area contributed by atoms with E-state index >= 15 is 0 Å². The molecule has 0 aliphatic carbocycles. The van der Waals surface area contributed by atoms with Crippen molar-refractivity contribution in [2.45, 2.75) is 27.2 Å². The fourth-order valence-electron chi connectivity index (χ4n) is 1.98. The highest BCUT2D eigenvalue weighted by atomic mass is 35.5. The number of hydrogen-bond donors (Lipinski definition) is 0. The molecule has 1 aromatic heterocycles. The van der Waals surface area contributed by atoms with Crippen LogP contribution < -0.4 is 4.74 Å². The molecule has 100 valence electrons. The van der Waals surface area contributed by atoms with Gasteiger partial charge in [-0.25, -0.2) is 9.97 Å². The Labute approximate surface area is 118 Å². The summed E-state index contributed by atoms with van der Waals surface area (Å²) in [7, 11) is 0. The minimum absolute atomic E-state index is 0.480. The number of halogens is 1. The molecule has 19 heavy (non-hydrogen) atoms. The lowest BCUT2D eigenvalue weighted by atomic mass is 10.1. The van der Waals surface area contributed by atoms with E-state index in [4.69, 9.17) is 16.3 Å². The summed E-state index contributed by atoms with van der Waals surface area (Å²) in [5, 5.41) is 0.480. The summed E-state index contributed by atoms with van der Waals surface area (Å²) in [4.78, 5) is 8.50. The zero-order valence-corrected chi connectivity index (χ0v) is 12.2. The van der Waals surface area contributed by atoms with Crippen molar-refractivity contribution in [1.82, 2.24) is 9.97 Å². The van der Waals surface area contributed by atoms with Crippen LogP contribution in [0, 0.1) is 20.8 Å². The van der Waals surface area contributed by atoms with Gasteiger partial charge >= 0.3 is 0 Å². The standard InChI is InChI=1S/C15H17ClN2O/c1-10-6-11(2)8-13(7-10)19-5-4-15-17-12(3)9-14(16)18-15/h6-9H,4-5H2,1-3H3. The first-order valence-electron chi connectivity index (χ1n) is 6.24. The first-order chi connectivity index (χ1) is 9.02. The van der Waals surface area contributed by atoms with Gasteiger partial charge in [-0.3, -0.25) is 0 Å². The molecule has 0 N–H and O–H groups in total. The van der Waals surface area contributed by atoms with Crippen molar-refractivity contribution in [2.75, 3.05) is 6.61 Å². The number of aromatic nitrogens is 2. The van der Waals surface area contributed by atoms with Crippen LogP contribution in [-0.2, 0) is 6.42 Å². The maximum Gasteiger partial charge on any atom is 0.133 e. The van der Waals surface area contributed by atoms with Gasteiger partial charge in [0, 0.05) is 12.1 Å². The monoisotopic (exact) mass is 276 g/mol. The van der Waals surface area contributed by atoms with Crippen molar-refractivity contribution in [1.29, 1.82) is 0 Å². The molecule has 1 heterocycles. The third-order valence-corrected chi connectivity index (χ3v) is 2.85. The Balaban J connectivity index is 1.96. The van der Waals surface area contributed by atoms with E-state index in [0.29, 0.717) is 18.2 Å². The quantitative estimate of drug-likeness (QED) is 0.799. The fourth-order valence-corrected chi connectivity index (χ4v) is 2.23. The Morgan fingerprint density at radius 2 is 1.68 bits per heavy atom. The van der Waals surface area contributed by atoms with E-state index < -0.39 is 0 Å². The lowest BCUT2D eigenvalue weighted by molar-refractivity contribution is 0.318. The highest BCUT2D eigenvalue weighted by Gasteiger charge is 2.02. The fraction of sp³-hybridized carbons (Fsp3) is 0.333. The second kappa shape index (κ2) is 6.02. The summed E-state index contributed by atoms with van der Waals surface area (Å²) in [5.41, 5.74) is 3.27. The second-order valence-corrected chi connectivity index (χ2v) is 5.06. The summed E-state index contributed by atoms with van der Waals surface area (Å²) in [5.74, 6) is 1.60. The van der Waals surface area contributed by atoms with Crippen molar-refractivity contribution in [2.24, 2.45) is 0 Å². The number of nitrogens with zero attached hydrogens (tertiary/aromatic N) is 2. The van der Waals surface area contributed by atoms with Gasteiger partial charge < -0.3 is 4.74 Å². The van der Waals surface area contributed by atoms with E-state index in [-0.39, 0.29) is 0 Å².